The molecule has 5 rings (SSSR count). The average Bonchev–Trinajstić information content (AvgIpc) is 3.17. The Labute approximate surface area is 173 Å². The molecule has 2 aliphatic rings. The van der Waals surface area contributed by atoms with E-state index in [4.69, 9.17) is 0 Å². The zero-order valence-corrected chi connectivity index (χ0v) is 16.3. The molecule has 0 spiro atoms. The third-order valence-corrected chi connectivity index (χ3v) is 5.14. The van der Waals surface area contributed by atoms with Crippen LogP contribution in [-0.2, 0) is 11.3 Å². The van der Waals surface area contributed by atoms with Crippen LogP contribution in [0.2, 0.25) is 0 Å². The molecule has 0 unspecified atom stereocenters. The van der Waals surface area contributed by atoms with E-state index >= 15 is 0 Å². The number of carbonyl (C=O) groups excluding carboxylic acids is 1. The predicted octanol–water partition coefficient (Wildman–Crippen LogP) is 1.97. The highest BCUT2D eigenvalue weighted by Gasteiger charge is 2.44. The molecule has 0 radical (unpaired) electrons. The lowest BCUT2D eigenvalue weighted by molar-refractivity contribution is -0.124. The van der Waals surface area contributed by atoms with Crippen LogP contribution in [0, 0.1) is 22.9 Å². The fourth-order valence-electron chi connectivity index (χ4n) is 3.45. The number of allylic oxidation sites excluding steroid dienone is 1. The zero-order chi connectivity index (χ0) is 21.9. The minimum atomic E-state index is -0.837. The Balaban J connectivity index is 1.57. The predicted molar refractivity (Wildman–Crippen MR) is 104 cm³/mol. The van der Waals surface area contributed by atoms with Crippen LogP contribution in [-0.4, -0.2) is 31.4 Å². The van der Waals surface area contributed by atoms with E-state index in [0.29, 0.717) is 16.8 Å². The Bertz CT molecular complexity index is 1310. The summed E-state index contributed by atoms with van der Waals surface area (Å²) in [5, 5.41) is 13.1. The van der Waals surface area contributed by atoms with Gasteiger partial charge in [-0.25, -0.2) is 33.4 Å². The molecule has 0 saturated carbocycles. The molecule has 0 aromatic carbocycles. The smallest absolute Gasteiger partial charge is 0.236 e. The first kappa shape index (κ1) is 19.0. The largest absolute Gasteiger partial charge is 0.322 e. The van der Waals surface area contributed by atoms with Crippen molar-refractivity contribution in [3.63, 3.8) is 0 Å². The van der Waals surface area contributed by atoms with E-state index in [0.717, 1.165) is 18.5 Å². The fraction of sp³-hybridized carbons (Fsp3) is 0.211. The van der Waals surface area contributed by atoms with Gasteiger partial charge >= 0.3 is 0 Å². The number of hydrazine groups is 1. The third kappa shape index (κ3) is 2.98. The minimum absolute atomic E-state index is 0.0569. The number of fused-ring (bicyclic) bond motifs is 2. The summed E-state index contributed by atoms with van der Waals surface area (Å²) in [5.41, 5.74) is 3.17. The van der Waals surface area contributed by atoms with Crippen molar-refractivity contribution in [2.45, 2.75) is 20.4 Å². The Kier molecular flexibility index (Phi) is 4.00. The number of hydrazone groups is 1. The van der Waals surface area contributed by atoms with E-state index in [2.05, 4.69) is 31.0 Å². The number of hydrogen-bond donors (Lipinski definition) is 2. The van der Waals surface area contributed by atoms with Gasteiger partial charge in [-0.1, -0.05) is 0 Å². The maximum Gasteiger partial charge on any atom is 0.236 e. The van der Waals surface area contributed by atoms with E-state index < -0.39 is 22.9 Å². The van der Waals surface area contributed by atoms with E-state index in [-0.39, 0.29) is 29.6 Å². The van der Waals surface area contributed by atoms with Crippen molar-refractivity contribution in [2.24, 2.45) is 10.5 Å². The van der Waals surface area contributed by atoms with Crippen LogP contribution in [0.3, 0.4) is 0 Å². The first-order chi connectivity index (χ1) is 14.7. The number of anilines is 1. The molecule has 0 atom stereocenters. The molecule has 2 N–H and O–H groups in total. The molecule has 0 aliphatic carbocycles. The van der Waals surface area contributed by atoms with E-state index in [1.807, 2.05) is 0 Å². The summed E-state index contributed by atoms with van der Waals surface area (Å²) in [4.78, 5) is 20.0. The molecule has 3 aromatic rings. The SMILES string of the molecule is CC1(C)C(=O)NC2=CN(c3nn(Cc4ncc(F)cc4F)c4ncc(F)cc34)NN=C21. The maximum absolute atomic E-state index is 14.1. The Morgan fingerprint density at radius 3 is 2.61 bits per heavy atom. The van der Waals surface area contributed by atoms with Gasteiger partial charge in [0.15, 0.2) is 11.5 Å². The standard InChI is InChI=1S/C19H15F3N8O/c1-19(2)15-14(25-18(19)31)8-30(28-26-15)17-11-3-9(20)6-24-16(11)29(27-17)7-13-12(22)4-10(21)5-23-13/h3-6,8,28H,7H2,1-2H3,(H,25,31). The number of halogens is 3. The fourth-order valence-corrected chi connectivity index (χ4v) is 3.45. The molecule has 12 heteroatoms. The molecule has 2 aliphatic heterocycles. The van der Waals surface area contributed by atoms with E-state index in [9.17, 15) is 18.0 Å². The van der Waals surface area contributed by atoms with Gasteiger partial charge in [-0.2, -0.15) is 5.10 Å². The number of nitrogens with one attached hydrogen (secondary N) is 2. The molecule has 1 amide bonds. The molecule has 3 aromatic heterocycles. The molecule has 1 fully saturated rings. The number of nitrogens with zero attached hydrogens (tertiary/aromatic N) is 6. The Morgan fingerprint density at radius 1 is 1.10 bits per heavy atom. The lowest BCUT2D eigenvalue weighted by Crippen LogP contribution is -2.38. The van der Waals surface area contributed by atoms with Crippen molar-refractivity contribution in [1.82, 2.24) is 30.6 Å². The molecule has 31 heavy (non-hydrogen) atoms. The maximum atomic E-state index is 14.1. The monoisotopic (exact) mass is 428 g/mol. The molecule has 9 nitrogen and oxygen atoms in total. The van der Waals surface area contributed by atoms with Gasteiger partial charge in [0, 0.05) is 6.07 Å². The topological polar surface area (TPSA) is 100 Å². The first-order valence-electron chi connectivity index (χ1n) is 9.23. The second kappa shape index (κ2) is 6.52. The van der Waals surface area contributed by atoms with Crippen molar-refractivity contribution in [2.75, 3.05) is 5.01 Å². The highest BCUT2D eigenvalue weighted by Crippen LogP contribution is 2.32. The third-order valence-electron chi connectivity index (χ3n) is 5.14. The van der Waals surface area contributed by atoms with E-state index in [1.54, 1.807) is 20.0 Å². The molecule has 5 heterocycles. The average molecular weight is 428 g/mol. The van der Waals surface area contributed by atoms with Crippen LogP contribution in [0.15, 0.2) is 41.5 Å². The lowest BCUT2D eigenvalue weighted by Gasteiger charge is -2.24. The van der Waals surface area contributed by atoms with Crippen molar-refractivity contribution in [3.8, 4) is 0 Å². The normalized spacial score (nSPS) is 17.2. The first-order valence-corrected chi connectivity index (χ1v) is 9.23. The Hall–Kier alpha value is -3.96. The van der Waals surface area contributed by atoms with Crippen molar-refractivity contribution >= 4 is 28.5 Å². The summed E-state index contributed by atoms with van der Waals surface area (Å²) in [6.07, 6.45) is 3.48. The van der Waals surface area contributed by atoms with Crippen LogP contribution in [0.4, 0.5) is 19.0 Å². The minimum Gasteiger partial charge on any atom is -0.322 e. The second-order valence-corrected chi connectivity index (χ2v) is 7.64. The second-order valence-electron chi connectivity index (χ2n) is 7.64. The summed E-state index contributed by atoms with van der Waals surface area (Å²) in [6, 6.07) is 1.95. The van der Waals surface area contributed by atoms with Crippen molar-refractivity contribution in [3.05, 3.63) is 59.6 Å². The highest BCUT2D eigenvalue weighted by molar-refractivity contribution is 6.23. The lowest BCUT2D eigenvalue weighted by atomic mass is 9.89. The van der Waals surface area contributed by atoms with Gasteiger partial charge in [0.05, 0.1) is 47.3 Å². The van der Waals surface area contributed by atoms with Gasteiger partial charge in [-0.15, -0.1) is 5.10 Å². The van der Waals surface area contributed by atoms with Gasteiger partial charge < -0.3 is 5.32 Å². The van der Waals surface area contributed by atoms with Crippen molar-refractivity contribution < 1.29 is 18.0 Å². The molecule has 158 valence electrons. The number of aromatic nitrogens is 4. The molecule has 1 saturated heterocycles. The van der Waals surface area contributed by atoms with Crippen molar-refractivity contribution in [1.29, 1.82) is 0 Å². The summed E-state index contributed by atoms with van der Waals surface area (Å²) < 4.78 is 42.5. The van der Waals surface area contributed by atoms with Crippen LogP contribution in [0.25, 0.3) is 11.0 Å². The number of hydrogen-bond acceptors (Lipinski definition) is 7. The molecular formula is C19H15F3N8O. The quantitative estimate of drug-likeness (QED) is 0.662. The summed E-state index contributed by atoms with van der Waals surface area (Å²) >= 11 is 0. The summed E-state index contributed by atoms with van der Waals surface area (Å²) in [7, 11) is 0. The highest BCUT2D eigenvalue weighted by atomic mass is 19.1. The van der Waals surface area contributed by atoms with Crippen LogP contribution >= 0.6 is 0 Å². The number of pyridine rings is 2. The van der Waals surface area contributed by atoms with Gasteiger partial charge in [0.2, 0.25) is 5.91 Å². The zero-order valence-electron chi connectivity index (χ0n) is 16.3. The van der Waals surface area contributed by atoms with Crippen LogP contribution in [0.5, 0.6) is 0 Å². The number of amides is 1. The summed E-state index contributed by atoms with van der Waals surface area (Å²) in [5.74, 6) is -2.22. The Morgan fingerprint density at radius 2 is 1.84 bits per heavy atom. The molecular weight excluding hydrogens is 413 g/mol. The van der Waals surface area contributed by atoms with Crippen LogP contribution < -0.4 is 15.9 Å². The summed E-state index contributed by atoms with van der Waals surface area (Å²) in [6.45, 7) is 3.32. The van der Waals surface area contributed by atoms with Gasteiger partial charge in [0.25, 0.3) is 0 Å². The number of rotatable bonds is 3. The van der Waals surface area contributed by atoms with Crippen LogP contribution in [0.1, 0.15) is 19.5 Å². The number of carbonyl (C=O) groups is 1. The van der Waals surface area contributed by atoms with Gasteiger partial charge in [-0.3, -0.25) is 9.78 Å². The van der Waals surface area contributed by atoms with Gasteiger partial charge in [-0.05, 0) is 19.9 Å². The van der Waals surface area contributed by atoms with E-state index in [1.165, 1.54) is 15.8 Å². The molecule has 0 bridgehead atoms. The van der Waals surface area contributed by atoms with Gasteiger partial charge in [0.1, 0.15) is 23.2 Å².